The first-order valence-electron chi connectivity index (χ1n) is 47.7. The number of allylic oxidation sites excluding steroid dienone is 2. The fourth-order valence-electron chi connectivity index (χ4n) is 19.5. The molecule has 4 aromatic heterocycles. The summed E-state index contributed by atoms with van der Waals surface area (Å²) in [7, 11) is 13.2. The van der Waals surface area contributed by atoms with Crippen molar-refractivity contribution in [3.63, 3.8) is 0 Å². The quantitative estimate of drug-likeness (QED) is 0.0283. The van der Waals surface area contributed by atoms with Crippen LogP contribution >= 0.6 is 0 Å². The molecule has 26 heteroatoms. The molecular weight excluding hydrogens is 1600 g/mol. The monoisotopic (exact) mass is 1740 g/mol. The molecule has 2 aliphatic carbocycles. The van der Waals surface area contributed by atoms with Gasteiger partial charge in [-0.1, -0.05) is 18.9 Å². The normalized spacial score (nSPS) is 19.0. The van der Waals surface area contributed by atoms with Gasteiger partial charge in [-0.15, -0.1) is 0 Å². The van der Waals surface area contributed by atoms with Crippen molar-refractivity contribution in [2.24, 2.45) is 0 Å². The molecular formula is C100H144F3N15O8. The molecule has 9 aliphatic rings. The number of pyridine rings is 4. The highest BCUT2D eigenvalue weighted by molar-refractivity contribution is 5.98. The summed E-state index contributed by atoms with van der Waals surface area (Å²) in [4.78, 5) is 35.6. The number of rotatable bonds is 33. The van der Waals surface area contributed by atoms with Gasteiger partial charge in [-0.05, 0) is 335 Å². The highest BCUT2D eigenvalue weighted by atomic mass is 19.4. The molecule has 23 nitrogen and oxygen atoms in total. The first kappa shape index (κ1) is 93.5. The van der Waals surface area contributed by atoms with Gasteiger partial charge in [0.1, 0.15) is 5.69 Å². The molecule has 0 bridgehead atoms. The zero-order chi connectivity index (χ0) is 87.7. The largest absolute Gasteiger partial charge is 0.493 e. The summed E-state index contributed by atoms with van der Waals surface area (Å²) in [5.74, 6) is 5.65. The van der Waals surface area contributed by atoms with E-state index in [4.69, 9.17) is 52.8 Å². The van der Waals surface area contributed by atoms with Crippen LogP contribution < -0.4 is 59.2 Å². The molecule has 0 spiro atoms. The molecule has 0 amide bonds. The molecule has 7 saturated heterocycles. The fourth-order valence-corrected chi connectivity index (χ4v) is 19.5. The van der Waals surface area contributed by atoms with E-state index >= 15 is 0 Å². The van der Waals surface area contributed by atoms with Gasteiger partial charge < -0.3 is 93.5 Å². The molecule has 0 atom stereocenters. The van der Waals surface area contributed by atoms with E-state index in [1.54, 1.807) is 40.6 Å². The number of anilines is 4. The Morgan fingerprint density at radius 2 is 0.635 bits per heavy atom. The van der Waals surface area contributed by atoms with Gasteiger partial charge in [0.2, 0.25) is 0 Å². The number of aromatic nitrogens is 4. The number of nitrogens with zero attached hydrogens (tertiary/aromatic N) is 11. The second-order valence-electron chi connectivity index (χ2n) is 36.6. The van der Waals surface area contributed by atoms with E-state index < -0.39 is 11.9 Å². The van der Waals surface area contributed by atoms with Crippen molar-refractivity contribution in [1.29, 1.82) is 0 Å². The van der Waals surface area contributed by atoms with E-state index in [0.717, 1.165) is 257 Å². The van der Waals surface area contributed by atoms with E-state index in [2.05, 4.69) is 144 Å². The number of likely N-dealkylation sites (tertiary alicyclic amines) is 7. The number of halogens is 3. The van der Waals surface area contributed by atoms with E-state index in [1.165, 1.54) is 140 Å². The van der Waals surface area contributed by atoms with Crippen molar-refractivity contribution in [2.75, 3.05) is 215 Å². The van der Waals surface area contributed by atoms with Crippen LogP contribution in [0.15, 0.2) is 78.9 Å². The van der Waals surface area contributed by atoms with Gasteiger partial charge in [0.15, 0.2) is 46.0 Å². The highest BCUT2D eigenvalue weighted by Gasteiger charge is 2.35. The van der Waals surface area contributed by atoms with Crippen molar-refractivity contribution in [1.82, 2.24) is 54.2 Å². The maximum Gasteiger partial charge on any atom is 0.433 e. The second kappa shape index (κ2) is 46.6. The number of benzene rings is 4. The van der Waals surface area contributed by atoms with Gasteiger partial charge in [0, 0.05) is 130 Å². The Labute approximate surface area is 747 Å². The molecule has 11 heterocycles. The summed E-state index contributed by atoms with van der Waals surface area (Å²) in [5, 5.41) is 18.7. The zero-order valence-electron chi connectivity index (χ0n) is 77.1. The molecule has 0 unspecified atom stereocenters. The number of nitrogens with one attached hydrogen (secondary N) is 4. The van der Waals surface area contributed by atoms with Crippen LogP contribution in [0, 0.1) is 13.8 Å². The lowest BCUT2D eigenvalue weighted by atomic mass is 9.95. The van der Waals surface area contributed by atoms with Gasteiger partial charge in [-0.25, -0.2) is 9.97 Å². The molecule has 0 radical (unpaired) electrons. The van der Waals surface area contributed by atoms with Gasteiger partial charge in [0.25, 0.3) is 0 Å². The van der Waals surface area contributed by atoms with Crippen molar-refractivity contribution in [3.05, 3.63) is 102 Å². The molecule has 1 saturated carbocycles. The Hall–Kier alpha value is -8.63. The van der Waals surface area contributed by atoms with Crippen molar-refractivity contribution >= 4 is 71.9 Å². The molecule has 688 valence electrons. The van der Waals surface area contributed by atoms with Gasteiger partial charge in [-0.3, -0.25) is 9.97 Å². The average Bonchev–Trinajstić information content (AvgIpc) is 0.970. The first-order chi connectivity index (χ1) is 61.4. The minimum absolute atomic E-state index is 0.111. The summed E-state index contributed by atoms with van der Waals surface area (Å²) in [6.07, 6.45) is 28.6. The van der Waals surface area contributed by atoms with Crippen LogP contribution in [-0.4, -0.2) is 272 Å². The van der Waals surface area contributed by atoms with Crippen LogP contribution in [0.25, 0.3) is 49.2 Å². The lowest BCUT2D eigenvalue weighted by Gasteiger charge is -2.30. The predicted octanol–water partition coefficient (Wildman–Crippen LogP) is 18.9. The Balaban J connectivity index is 0.000000137. The Bertz CT molecular complexity index is 4790. The number of methoxy groups -OCH3 is 4. The number of aryl methyl sites for hydroxylation is 2. The topological polar surface area (TPSA) is 196 Å². The lowest BCUT2D eigenvalue weighted by molar-refractivity contribution is -0.140. The summed E-state index contributed by atoms with van der Waals surface area (Å²) < 4.78 is 87.8. The fraction of sp³-hybridized carbons (Fsp3) is 0.620. The van der Waals surface area contributed by atoms with Crippen LogP contribution in [-0.2, 0) is 6.18 Å². The van der Waals surface area contributed by atoms with Crippen LogP contribution in [0.5, 0.6) is 46.0 Å². The van der Waals surface area contributed by atoms with Crippen LogP contribution in [0.3, 0.4) is 0 Å². The third kappa shape index (κ3) is 26.6. The van der Waals surface area contributed by atoms with Crippen LogP contribution in [0.2, 0.25) is 0 Å². The smallest absolute Gasteiger partial charge is 0.433 e. The Morgan fingerprint density at radius 3 is 0.944 bits per heavy atom. The number of hydrogen-bond donors (Lipinski definition) is 4. The maximum absolute atomic E-state index is 13.6. The number of alkyl halides is 3. The van der Waals surface area contributed by atoms with Crippen molar-refractivity contribution in [3.8, 4) is 46.0 Å². The third-order valence-electron chi connectivity index (χ3n) is 26.8. The minimum Gasteiger partial charge on any atom is -0.493 e. The van der Waals surface area contributed by atoms with E-state index in [0.29, 0.717) is 67.1 Å². The van der Waals surface area contributed by atoms with E-state index in [1.807, 2.05) is 12.1 Å². The minimum atomic E-state index is -4.53. The van der Waals surface area contributed by atoms with E-state index in [-0.39, 0.29) is 11.6 Å². The van der Waals surface area contributed by atoms with Gasteiger partial charge in [-0.2, -0.15) is 13.2 Å². The number of fused-ring (bicyclic) bond motifs is 4. The summed E-state index contributed by atoms with van der Waals surface area (Å²) in [5.41, 5.74) is 10.7. The lowest BCUT2D eigenvalue weighted by Crippen LogP contribution is -2.36. The summed E-state index contributed by atoms with van der Waals surface area (Å²) >= 11 is 0. The van der Waals surface area contributed by atoms with Crippen molar-refractivity contribution < 1.29 is 51.1 Å². The van der Waals surface area contributed by atoms with Gasteiger partial charge in [0.05, 0.1) is 82.6 Å². The molecule has 17 rings (SSSR count). The van der Waals surface area contributed by atoms with Gasteiger partial charge >= 0.3 is 6.18 Å². The molecule has 4 aromatic carbocycles. The zero-order valence-corrected chi connectivity index (χ0v) is 77.1. The first-order valence-corrected chi connectivity index (χ1v) is 47.7. The number of ether oxygens (including phenoxy) is 8. The SMILES string of the molecule is COc1cc2c(NC3CCCC3)cc(C)nc2cc1OCCCN1CCCC1.COc1cc2c(NC3CCN(C)CC3)cc(C(F)(F)F)nc2cc1OCCCN1CCCC1.COc1cc2c(NC3CCN(C)CC3)cc(C)nc2cc1OCCCN1CCCC1.COc1cc2c(NC3CCN(C)CC3)cc(C3=CCCCC3)nc2cc1OCCCN1CCCC1. The molecule has 4 N–H and O–H groups in total. The third-order valence-corrected chi connectivity index (χ3v) is 26.8. The molecule has 8 fully saturated rings. The standard InChI is InChI=1S/C29H42N4O2.C24H33F3N4O2.C24H36N4O2.C23H33N3O2/c1-32-16-11-23(12-17-32)30-26-20-25(22-9-4-3-5-10-22)31-27-21-29(28(34-2)19-24(26)27)35-18-8-15-33-13-6-7-14-33;1-30-11-6-17(7-12-30)28-20-16-23(24(25,26)27)29-19-15-22(21(32-2)14-18(19)20)33-13-5-10-31-8-3-4-9-31;1-18-15-21(26-19-7-12-27(2)13-8-19)20-16-23(29-3)24(17-22(20)25-18)30-14-6-11-28-9-4-5-10-28;1-17-14-20(25-18-8-3-4-9-18)19-15-22(27-2)23(16-21(19)24-17)28-13-7-12-26-10-5-6-11-26/h9,19-21,23H,3-8,10-18H2,1-2H3,(H,30,31);14-17H,3-13H2,1-2H3,(H,28,29);15-17,19H,4-14H2,1-3H3,(H,25,26);14-16,18H,3-13H2,1-2H3,(H,24,25). The average molecular weight is 1740 g/mol. The second-order valence-corrected chi connectivity index (χ2v) is 36.6. The Kier molecular flexibility index (Phi) is 34.6. The summed E-state index contributed by atoms with van der Waals surface area (Å²) in [6, 6.07) is 25.1. The van der Waals surface area contributed by atoms with E-state index in [9.17, 15) is 13.2 Å². The Morgan fingerprint density at radius 1 is 0.333 bits per heavy atom. The number of piperidine rings is 3. The summed E-state index contributed by atoms with van der Waals surface area (Å²) in [6.45, 7) is 27.0. The van der Waals surface area contributed by atoms with Crippen LogP contribution in [0.1, 0.15) is 190 Å². The number of hydrogen-bond acceptors (Lipinski definition) is 23. The predicted molar refractivity (Wildman–Crippen MR) is 506 cm³/mol. The van der Waals surface area contributed by atoms with Crippen LogP contribution in [0.4, 0.5) is 35.9 Å². The van der Waals surface area contributed by atoms with Crippen molar-refractivity contribution in [2.45, 2.75) is 211 Å². The maximum atomic E-state index is 13.6. The molecule has 126 heavy (non-hydrogen) atoms. The highest BCUT2D eigenvalue weighted by Crippen LogP contribution is 2.44. The molecule has 8 aromatic rings. The molecule has 7 aliphatic heterocycles.